The molecular formula is C19H37N5O2. The molecule has 0 spiro atoms. The molecule has 150 valence electrons. The summed E-state index contributed by atoms with van der Waals surface area (Å²) in [5.74, 6) is 1.23. The third kappa shape index (κ3) is 5.84. The molecule has 1 atom stereocenters. The Bertz CT molecular complexity index is 461. The summed E-state index contributed by atoms with van der Waals surface area (Å²) in [6, 6.07) is 0.0712. The number of likely N-dealkylation sites (N-methyl/N-ethyl adjacent to an activating group) is 1. The highest BCUT2D eigenvalue weighted by molar-refractivity contribution is 5.81. The molecule has 0 aromatic heterocycles. The number of carbonyl (C=O) groups excluding carboxylic acids is 1. The van der Waals surface area contributed by atoms with Gasteiger partial charge in [0.25, 0.3) is 0 Å². The van der Waals surface area contributed by atoms with Gasteiger partial charge < -0.3 is 19.9 Å². The molecule has 0 aromatic rings. The molecule has 2 rings (SSSR count). The minimum Gasteiger partial charge on any atom is -0.378 e. The van der Waals surface area contributed by atoms with E-state index in [9.17, 15) is 4.79 Å². The van der Waals surface area contributed by atoms with E-state index in [1.165, 1.54) is 0 Å². The highest BCUT2D eigenvalue weighted by Crippen LogP contribution is 2.19. The number of piperidine rings is 1. The average molecular weight is 368 g/mol. The van der Waals surface area contributed by atoms with Crippen LogP contribution in [0.25, 0.3) is 0 Å². The molecule has 2 heterocycles. The van der Waals surface area contributed by atoms with Crippen molar-refractivity contribution in [1.29, 1.82) is 0 Å². The van der Waals surface area contributed by atoms with Gasteiger partial charge in [0, 0.05) is 53.9 Å². The molecule has 26 heavy (non-hydrogen) atoms. The molecule has 0 aliphatic carbocycles. The van der Waals surface area contributed by atoms with Crippen molar-refractivity contribution in [2.45, 2.75) is 51.2 Å². The van der Waals surface area contributed by atoms with E-state index in [-0.39, 0.29) is 11.9 Å². The minimum absolute atomic E-state index is 0.0712. The number of nitrogens with one attached hydrogen (secondary N) is 1. The first-order valence-corrected chi connectivity index (χ1v) is 10.1. The smallest absolute Gasteiger partial charge is 0.239 e. The van der Waals surface area contributed by atoms with Crippen molar-refractivity contribution in [3.63, 3.8) is 0 Å². The van der Waals surface area contributed by atoms with Gasteiger partial charge in [0.1, 0.15) is 0 Å². The van der Waals surface area contributed by atoms with Crippen LogP contribution in [0.1, 0.15) is 39.0 Å². The summed E-state index contributed by atoms with van der Waals surface area (Å²) in [5.41, 5.74) is 0. The number of hydrogen-bond acceptors (Lipinski definition) is 4. The predicted octanol–water partition coefficient (Wildman–Crippen LogP) is 1.01. The number of guanidine groups is 1. The van der Waals surface area contributed by atoms with Crippen LogP contribution in [0.15, 0.2) is 4.99 Å². The molecule has 2 aliphatic heterocycles. The van der Waals surface area contributed by atoms with Gasteiger partial charge in [0.2, 0.25) is 5.91 Å². The molecule has 2 aliphatic rings. The summed E-state index contributed by atoms with van der Waals surface area (Å²) >= 11 is 0. The van der Waals surface area contributed by atoms with Crippen LogP contribution in [0.3, 0.4) is 0 Å². The summed E-state index contributed by atoms with van der Waals surface area (Å²) in [6.07, 6.45) is 5.66. The molecule has 2 saturated heterocycles. The maximum atomic E-state index is 12.3. The molecule has 7 nitrogen and oxygen atoms in total. The molecule has 7 heteroatoms. The maximum Gasteiger partial charge on any atom is 0.239 e. The number of amides is 1. The van der Waals surface area contributed by atoms with Crippen LogP contribution >= 0.6 is 0 Å². The van der Waals surface area contributed by atoms with Crippen molar-refractivity contribution < 1.29 is 9.53 Å². The fraction of sp³-hybridized carbons (Fsp3) is 0.895. The van der Waals surface area contributed by atoms with Gasteiger partial charge in [0.05, 0.1) is 12.1 Å². The first-order chi connectivity index (χ1) is 12.6. The van der Waals surface area contributed by atoms with Crippen LogP contribution < -0.4 is 5.32 Å². The number of likely N-dealkylation sites (tertiary alicyclic amines) is 2. The SMILES string of the molecule is CCOC1CCN(C(=NC)NCCCN2CCCC2C(=O)N(C)C)CC1. The van der Waals surface area contributed by atoms with E-state index in [2.05, 4.69) is 27.0 Å². The molecular weight excluding hydrogens is 330 g/mol. The largest absolute Gasteiger partial charge is 0.378 e. The summed E-state index contributed by atoms with van der Waals surface area (Å²) in [7, 11) is 5.54. The molecule has 1 unspecified atom stereocenters. The Kier molecular flexibility index (Phi) is 8.65. The molecule has 0 radical (unpaired) electrons. The molecule has 0 bridgehead atoms. The van der Waals surface area contributed by atoms with E-state index in [4.69, 9.17) is 4.74 Å². The fourth-order valence-electron chi connectivity index (χ4n) is 3.96. The van der Waals surface area contributed by atoms with Gasteiger partial charge in [-0.05, 0) is 45.6 Å². The Morgan fingerprint density at radius 2 is 1.96 bits per heavy atom. The number of nitrogens with zero attached hydrogens (tertiary/aromatic N) is 4. The Labute approximate surface area is 158 Å². The number of ether oxygens (including phenoxy) is 1. The van der Waals surface area contributed by atoms with Gasteiger partial charge in [-0.25, -0.2) is 0 Å². The van der Waals surface area contributed by atoms with Gasteiger partial charge in [-0.3, -0.25) is 14.7 Å². The van der Waals surface area contributed by atoms with Crippen molar-refractivity contribution >= 4 is 11.9 Å². The summed E-state index contributed by atoms with van der Waals surface area (Å²) in [4.78, 5) is 23.1. The number of rotatable bonds is 7. The molecule has 1 N–H and O–H groups in total. The normalized spacial score (nSPS) is 22.7. The zero-order valence-electron chi connectivity index (χ0n) is 17.0. The van der Waals surface area contributed by atoms with Crippen molar-refractivity contribution in [3.05, 3.63) is 0 Å². The van der Waals surface area contributed by atoms with Crippen LogP contribution in [0.5, 0.6) is 0 Å². The fourth-order valence-corrected chi connectivity index (χ4v) is 3.96. The van der Waals surface area contributed by atoms with Crippen LogP contribution in [0.2, 0.25) is 0 Å². The van der Waals surface area contributed by atoms with E-state index in [1.54, 1.807) is 4.90 Å². The highest BCUT2D eigenvalue weighted by Gasteiger charge is 2.31. The zero-order valence-corrected chi connectivity index (χ0v) is 17.0. The molecule has 1 amide bonds. The van der Waals surface area contributed by atoms with E-state index in [0.29, 0.717) is 6.10 Å². The van der Waals surface area contributed by atoms with Crippen LogP contribution in [0.4, 0.5) is 0 Å². The highest BCUT2D eigenvalue weighted by atomic mass is 16.5. The molecule has 0 saturated carbocycles. The van der Waals surface area contributed by atoms with Gasteiger partial charge in [0.15, 0.2) is 5.96 Å². The lowest BCUT2D eigenvalue weighted by atomic mass is 10.1. The lowest BCUT2D eigenvalue weighted by molar-refractivity contribution is -0.133. The van der Waals surface area contributed by atoms with E-state index in [0.717, 1.165) is 77.4 Å². The molecule has 0 aromatic carbocycles. The topological polar surface area (TPSA) is 60.4 Å². The Hall–Kier alpha value is -1.34. The third-order valence-corrected chi connectivity index (χ3v) is 5.35. The van der Waals surface area contributed by atoms with Crippen molar-refractivity contribution in [3.8, 4) is 0 Å². The van der Waals surface area contributed by atoms with E-state index >= 15 is 0 Å². The number of carbonyl (C=O) groups is 1. The molecule has 2 fully saturated rings. The van der Waals surface area contributed by atoms with Crippen molar-refractivity contribution in [1.82, 2.24) is 20.0 Å². The van der Waals surface area contributed by atoms with E-state index in [1.807, 2.05) is 21.1 Å². The lowest BCUT2D eigenvalue weighted by Crippen LogP contribution is -2.47. The van der Waals surface area contributed by atoms with Crippen molar-refractivity contribution in [2.75, 3.05) is 60.5 Å². The summed E-state index contributed by atoms with van der Waals surface area (Å²) in [5, 5.41) is 3.49. The predicted molar refractivity (Wildman–Crippen MR) is 105 cm³/mol. The van der Waals surface area contributed by atoms with Gasteiger partial charge in [-0.15, -0.1) is 0 Å². The Morgan fingerprint density at radius 1 is 1.23 bits per heavy atom. The van der Waals surface area contributed by atoms with Gasteiger partial charge >= 0.3 is 0 Å². The van der Waals surface area contributed by atoms with E-state index < -0.39 is 0 Å². The Balaban J connectivity index is 1.69. The first-order valence-electron chi connectivity index (χ1n) is 10.1. The quantitative estimate of drug-likeness (QED) is 0.413. The maximum absolute atomic E-state index is 12.3. The second-order valence-corrected chi connectivity index (χ2v) is 7.40. The van der Waals surface area contributed by atoms with Crippen LogP contribution in [0, 0.1) is 0 Å². The van der Waals surface area contributed by atoms with Gasteiger partial charge in [-0.2, -0.15) is 0 Å². The second kappa shape index (κ2) is 10.7. The number of hydrogen-bond donors (Lipinski definition) is 1. The first kappa shape index (κ1) is 21.0. The second-order valence-electron chi connectivity index (χ2n) is 7.40. The summed E-state index contributed by atoms with van der Waals surface area (Å²) in [6.45, 7) is 7.73. The van der Waals surface area contributed by atoms with Gasteiger partial charge in [-0.1, -0.05) is 0 Å². The van der Waals surface area contributed by atoms with Crippen LogP contribution in [-0.2, 0) is 9.53 Å². The lowest BCUT2D eigenvalue weighted by Gasteiger charge is -2.34. The monoisotopic (exact) mass is 367 g/mol. The zero-order chi connectivity index (χ0) is 18.9. The Morgan fingerprint density at radius 3 is 2.58 bits per heavy atom. The average Bonchev–Trinajstić information content (AvgIpc) is 3.10. The van der Waals surface area contributed by atoms with Crippen LogP contribution in [-0.4, -0.2) is 99.2 Å². The van der Waals surface area contributed by atoms with Crippen molar-refractivity contribution in [2.24, 2.45) is 4.99 Å². The minimum atomic E-state index is 0.0712. The third-order valence-electron chi connectivity index (χ3n) is 5.35. The number of aliphatic imine (C=N–C) groups is 1. The standard InChI is InChI=1S/C19H37N5O2/c1-5-26-16-9-14-24(15-10-16)19(20-2)21-11-7-13-23-12-6-8-17(23)18(25)22(3)4/h16-17H,5-15H2,1-4H3,(H,20,21). The summed E-state index contributed by atoms with van der Waals surface area (Å²) < 4.78 is 5.72.